The minimum absolute atomic E-state index is 0.290. The number of hydrogen-bond acceptors (Lipinski definition) is 6. The van der Waals surface area contributed by atoms with E-state index in [2.05, 4.69) is 35.2 Å². The number of methoxy groups -OCH3 is 2. The van der Waals surface area contributed by atoms with Crippen LogP contribution in [0, 0.1) is 0 Å². The van der Waals surface area contributed by atoms with Crippen LogP contribution >= 0.6 is 0 Å². The standard InChI is InChI=1S/C27H31NO5/c1-4-31-23-8-6-5-7-22(23)18-28(17-21-10-11-24(29-2)26(16-21)30-3)14-13-20-9-12-25-27(15-20)33-19-32-25/h5-12,15-16H,4,13-14,17-19H2,1-3H3. The van der Waals surface area contributed by atoms with Gasteiger partial charge in [-0.1, -0.05) is 30.3 Å². The van der Waals surface area contributed by atoms with Crippen molar-refractivity contribution in [1.82, 2.24) is 4.90 Å². The molecule has 0 atom stereocenters. The maximum Gasteiger partial charge on any atom is 0.231 e. The Morgan fingerprint density at radius 1 is 0.788 bits per heavy atom. The van der Waals surface area contributed by atoms with E-state index >= 15 is 0 Å². The molecule has 33 heavy (non-hydrogen) atoms. The molecular weight excluding hydrogens is 418 g/mol. The van der Waals surface area contributed by atoms with Gasteiger partial charge in [-0.15, -0.1) is 0 Å². The van der Waals surface area contributed by atoms with Crippen LogP contribution in [0.1, 0.15) is 23.6 Å². The predicted octanol–water partition coefficient (Wildman–Crippen LogP) is 5.08. The van der Waals surface area contributed by atoms with Crippen LogP contribution in [-0.4, -0.2) is 39.1 Å². The monoisotopic (exact) mass is 449 g/mol. The Hall–Kier alpha value is -3.38. The Morgan fingerprint density at radius 2 is 1.58 bits per heavy atom. The van der Waals surface area contributed by atoms with E-state index in [1.165, 1.54) is 11.1 Å². The highest BCUT2D eigenvalue weighted by molar-refractivity contribution is 5.45. The summed E-state index contributed by atoms with van der Waals surface area (Å²) in [6.45, 7) is 5.36. The molecule has 0 radical (unpaired) electrons. The van der Waals surface area contributed by atoms with Crippen molar-refractivity contribution in [3.05, 3.63) is 77.4 Å². The summed E-state index contributed by atoms with van der Waals surface area (Å²) in [5.41, 5.74) is 3.55. The summed E-state index contributed by atoms with van der Waals surface area (Å²) in [5, 5.41) is 0. The molecule has 4 rings (SSSR count). The van der Waals surface area contributed by atoms with Crippen LogP contribution in [0.2, 0.25) is 0 Å². The Kier molecular flexibility index (Phi) is 7.58. The van der Waals surface area contributed by atoms with Gasteiger partial charge in [-0.3, -0.25) is 4.90 Å². The molecule has 0 unspecified atom stereocenters. The van der Waals surface area contributed by atoms with Crippen molar-refractivity contribution in [2.75, 3.05) is 34.2 Å². The van der Waals surface area contributed by atoms with Crippen LogP contribution in [0.3, 0.4) is 0 Å². The maximum atomic E-state index is 5.87. The zero-order valence-corrected chi connectivity index (χ0v) is 19.5. The predicted molar refractivity (Wildman–Crippen MR) is 128 cm³/mol. The SMILES string of the molecule is CCOc1ccccc1CN(CCc1ccc2c(c1)OCO2)Cc1ccc(OC)c(OC)c1. The summed E-state index contributed by atoms with van der Waals surface area (Å²) in [7, 11) is 3.32. The van der Waals surface area contributed by atoms with E-state index in [-0.39, 0.29) is 0 Å². The molecule has 1 aliphatic heterocycles. The van der Waals surface area contributed by atoms with Gasteiger partial charge in [0.05, 0.1) is 20.8 Å². The smallest absolute Gasteiger partial charge is 0.231 e. The Morgan fingerprint density at radius 3 is 2.39 bits per heavy atom. The molecule has 0 aliphatic carbocycles. The average Bonchev–Trinajstić information content (AvgIpc) is 3.32. The topological polar surface area (TPSA) is 49.4 Å². The number of fused-ring (bicyclic) bond motifs is 1. The number of benzene rings is 3. The zero-order chi connectivity index (χ0) is 23.0. The van der Waals surface area contributed by atoms with E-state index in [9.17, 15) is 0 Å². The minimum atomic E-state index is 0.290. The first-order valence-electron chi connectivity index (χ1n) is 11.2. The van der Waals surface area contributed by atoms with Crippen LogP contribution in [0.25, 0.3) is 0 Å². The summed E-state index contributed by atoms with van der Waals surface area (Å²) in [5.74, 6) is 4.03. The number of rotatable bonds is 11. The third kappa shape index (κ3) is 5.71. The van der Waals surface area contributed by atoms with Gasteiger partial charge in [-0.05, 0) is 54.8 Å². The molecule has 3 aromatic rings. The fraction of sp³-hybridized carbons (Fsp3) is 0.333. The molecular formula is C27H31NO5. The van der Waals surface area contributed by atoms with Crippen molar-refractivity contribution in [3.8, 4) is 28.7 Å². The normalized spacial score (nSPS) is 12.1. The molecule has 0 bridgehead atoms. The van der Waals surface area contributed by atoms with E-state index in [0.29, 0.717) is 13.4 Å². The van der Waals surface area contributed by atoms with Crippen LogP contribution in [0.15, 0.2) is 60.7 Å². The molecule has 1 heterocycles. The van der Waals surface area contributed by atoms with E-state index < -0.39 is 0 Å². The molecule has 174 valence electrons. The summed E-state index contributed by atoms with van der Waals surface area (Å²) >= 11 is 0. The number of hydrogen-bond donors (Lipinski definition) is 0. The molecule has 0 saturated heterocycles. The highest BCUT2D eigenvalue weighted by Gasteiger charge is 2.16. The Balaban J connectivity index is 1.54. The van der Waals surface area contributed by atoms with Crippen molar-refractivity contribution in [2.45, 2.75) is 26.4 Å². The largest absolute Gasteiger partial charge is 0.494 e. The first kappa shape index (κ1) is 22.8. The molecule has 0 amide bonds. The summed E-state index contributed by atoms with van der Waals surface area (Å²) < 4.78 is 27.8. The number of ether oxygens (including phenoxy) is 5. The van der Waals surface area contributed by atoms with Gasteiger partial charge < -0.3 is 23.7 Å². The van der Waals surface area contributed by atoms with Gasteiger partial charge in [-0.25, -0.2) is 0 Å². The molecule has 0 N–H and O–H groups in total. The second-order valence-electron chi connectivity index (χ2n) is 7.88. The Labute approximate surface area is 195 Å². The lowest BCUT2D eigenvalue weighted by molar-refractivity contribution is 0.174. The lowest BCUT2D eigenvalue weighted by atomic mass is 10.1. The van der Waals surface area contributed by atoms with Gasteiger partial charge in [0.25, 0.3) is 0 Å². The van der Waals surface area contributed by atoms with Crippen LogP contribution in [-0.2, 0) is 19.5 Å². The number of para-hydroxylation sites is 1. The maximum absolute atomic E-state index is 5.87. The van der Waals surface area contributed by atoms with Gasteiger partial charge in [-0.2, -0.15) is 0 Å². The van der Waals surface area contributed by atoms with Crippen molar-refractivity contribution >= 4 is 0 Å². The molecule has 6 heteroatoms. The van der Waals surface area contributed by atoms with Crippen LogP contribution < -0.4 is 23.7 Å². The quantitative estimate of drug-likeness (QED) is 0.407. The lowest BCUT2D eigenvalue weighted by Crippen LogP contribution is -2.25. The summed E-state index contributed by atoms with van der Waals surface area (Å²) in [6, 6.07) is 20.5. The molecule has 6 nitrogen and oxygen atoms in total. The van der Waals surface area contributed by atoms with Crippen molar-refractivity contribution in [1.29, 1.82) is 0 Å². The fourth-order valence-electron chi connectivity index (χ4n) is 4.01. The van der Waals surface area contributed by atoms with Gasteiger partial charge in [0.2, 0.25) is 6.79 Å². The second-order valence-corrected chi connectivity index (χ2v) is 7.88. The van der Waals surface area contributed by atoms with Crippen LogP contribution in [0.4, 0.5) is 0 Å². The molecule has 1 aliphatic rings. The second kappa shape index (κ2) is 11.0. The van der Waals surface area contributed by atoms with Gasteiger partial charge in [0, 0.05) is 25.2 Å². The van der Waals surface area contributed by atoms with Gasteiger partial charge in [0.15, 0.2) is 23.0 Å². The first-order valence-corrected chi connectivity index (χ1v) is 11.2. The Bertz CT molecular complexity index is 1070. The fourth-order valence-corrected chi connectivity index (χ4v) is 4.01. The number of nitrogens with zero attached hydrogens (tertiary/aromatic N) is 1. The highest BCUT2D eigenvalue weighted by atomic mass is 16.7. The third-order valence-electron chi connectivity index (χ3n) is 5.67. The van der Waals surface area contributed by atoms with E-state index in [1.54, 1.807) is 14.2 Å². The van der Waals surface area contributed by atoms with E-state index in [0.717, 1.165) is 60.4 Å². The summed E-state index contributed by atoms with van der Waals surface area (Å²) in [4.78, 5) is 2.42. The molecule has 3 aromatic carbocycles. The van der Waals surface area contributed by atoms with Crippen LogP contribution in [0.5, 0.6) is 28.7 Å². The minimum Gasteiger partial charge on any atom is -0.494 e. The van der Waals surface area contributed by atoms with Crippen molar-refractivity contribution in [3.63, 3.8) is 0 Å². The van der Waals surface area contributed by atoms with Crippen molar-refractivity contribution in [2.24, 2.45) is 0 Å². The highest BCUT2D eigenvalue weighted by Crippen LogP contribution is 2.33. The average molecular weight is 450 g/mol. The molecule has 0 fully saturated rings. The molecule has 0 spiro atoms. The van der Waals surface area contributed by atoms with Gasteiger partial charge >= 0.3 is 0 Å². The molecule has 0 aromatic heterocycles. The van der Waals surface area contributed by atoms with Gasteiger partial charge in [0.1, 0.15) is 5.75 Å². The molecule has 0 saturated carbocycles. The van der Waals surface area contributed by atoms with E-state index in [4.69, 9.17) is 23.7 Å². The van der Waals surface area contributed by atoms with Crippen molar-refractivity contribution < 1.29 is 23.7 Å². The van der Waals surface area contributed by atoms with E-state index in [1.807, 2.05) is 37.3 Å². The zero-order valence-electron chi connectivity index (χ0n) is 19.5. The lowest BCUT2D eigenvalue weighted by Gasteiger charge is -2.24. The first-order chi connectivity index (χ1) is 16.2. The summed E-state index contributed by atoms with van der Waals surface area (Å²) in [6.07, 6.45) is 0.890. The third-order valence-corrected chi connectivity index (χ3v) is 5.67.